The van der Waals surface area contributed by atoms with Gasteiger partial charge in [-0.25, -0.2) is 0 Å². The molecule has 2 heterocycles. The van der Waals surface area contributed by atoms with Crippen LogP contribution in [0.15, 0.2) is 29.3 Å². The van der Waals surface area contributed by atoms with Crippen LogP contribution >= 0.6 is 0 Å². The predicted octanol–water partition coefficient (Wildman–Crippen LogP) is 0.627. The van der Waals surface area contributed by atoms with Gasteiger partial charge in [-0.2, -0.15) is 0 Å². The van der Waals surface area contributed by atoms with Gasteiger partial charge in [-0.05, 0) is 33.2 Å². The lowest BCUT2D eigenvalue weighted by Crippen LogP contribution is -2.52. The minimum Gasteiger partial charge on any atom is -0.486 e. The summed E-state index contributed by atoms with van der Waals surface area (Å²) in [5.41, 5.74) is 0. The Balaban J connectivity index is 1.52. The van der Waals surface area contributed by atoms with Gasteiger partial charge < -0.3 is 25.0 Å². The van der Waals surface area contributed by atoms with Crippen LogP contribution in [0.5, 0.6) is 11.5 Å². The Morgan fingerprint density at radius 2 is 2.00 bits per heavy atom. The van der Waals surface area contributed by atoms with E-state index in [0.29, 0.717) is 19.2 Å². The van der Waals surface area contributed by atoms with Crippen molar-refractivity contribution >= 4 is 5.96 Å². The topological polar surface area (TPSA) is 61.4 Å². The highest BCUT2D eigenvalue weighted by molar-refractivity contribution is 5.79. The summed E-state index contributed by atoms with van der Waals surface area (Å²) < 4.78 is 11.8. The Labute approximate surface area is 156 Å². The normalized spacial score (nSPS) is 24.3. The van der Waals surface area contributed by atoms with E-state index in [9.17, 15) is 0 Å². The van der Waals surface area contributed by atoms with Gasteiger partial charge in [0.05, 0.1) is 13.1 Å². The Morgan fingerprint density at radius 1 is 1.19 bits per heavy atom. The number of nitrogens with zero attached hydrogens (tertiary/aromatic N) is 3. The molecule has 7 nitrogen and oxygen atoms in total. The predicted molar refractivity (Wildman–Crippen MR) is 104 cm³/mol. The number of rotatable bonds is 5. The fourth-order valence-electron chi connectivity index (χ4n) is 3.21. The van der Waals surface area contributed by atoms with Crippen molar-refractivity contribution in [1.29, 1.82) is 0 Å². The van der Waals surface area contributed by atoms with E-state index in [1.54, 1.807) is 0 Å². The van der Waals surface area contributed by atoms with E-state index in [-0.39, 0.29) is 6.10 Å². The molecule has 0 saturated carbocycles. The van der Waals surface area contributed by atoms with Crippen LogP contribution < -0.4 is 20.1 Å². The molecular formula is C19H31N5O2. The van der Waals surface area contributed by atoms with Crippen LogP contribution in [-0.4, -0.2) is 87.9 Å². The molecule has 1 aromatic rings. The Morgan fingerprint density at radius 3 is 2.81 bits per heavy atom. The van der Waals surface area contributed by atoms with Crippen molar-refractivity contribution in [3.8, 4) is 11.5 Å². The second-order valence-electron chi connectivity index (χ2n) is 6.99. The summed E-state index contributed by atoms with van der Waals surface area (Å²) in [6.45, 7) is 8.14. The number of hydrogen-bond donors (Lipinski definition) is 2. The van der Waals surface area contributed by atoms with Crippen molar-refractivity contribution in [1.82, 2.24) is 20.4 Å². The molecule has 2 aliphatic heterocycles. The number of likely N-dealkylation sites (N-methyl/N-ethyl adjacent to an activating group) is 2. The number of para-hydroxylation sites is 2. The lowest BCUT2D eigenvalue weighted by molar-refractivity contribution is 0.0935. The maximum atomic E-state index is 6.00. The Bertz CT molecular complexity index is 609. The average Bonchev–Trinajstić information content (AvgIpc) is 2.66. The van der Waals surface area contributed by atoms with Crippen LogP contribution in [0, 0.1) is 0 Å². The molecule has 0 bridgehead atoms. The maximum Gasteiger partial charge on any atom is 0.191 e. The third kappa shape index (κ3) is 5.02. The zero-order valence-corrected chi connectivity index (χ0v) is 16.1. The molecule has 2 atom stereocenters. The SMILES string of the molecule is CCNC(=NCC1CN(C)CCN1C)NCC1COc2ccccc2O1. The molecule has 1 fully saturated rings. The standard InChI is InChI=1S/C19H31N5O2/c1-4-20-19(21-11-15-13-23(2)9-10-24(15)3)22-12-16-14-25-17-7-5-6-8-18(17)26-16/h5-8,15-16H,4,9-14H2,1-3H3,(H2,20,21,22). The third-order valence-electron chi connectivity index (χ3n) is 4.85. The summed E-state index contributed by atoms with van der Waals surface area (Å²) in [5, 5.41) is 6.71. The van der Waals surface area contributed by atoms with Crippen molar-refractivity contribution in [3.63, 3.8) is 0 Å². The van der Waals surface area contributed by atoms with Crippen LogP contribution in [0.3, 0.4) is 0 Å². The van der Waals surface area contributed by atoms with Crippen molar-refractivity contribution in [2.45, 2.75) is 19.1 Å². The molecular weight excluding hydrogens is 330 g/mol. The molecule has 2 N–H and O–H groups in total. The van der Waals surface area contributed by atoms with Crippen LogP contribution in [0.25, 0.3) is 0 Å². The van der Waals surface area contributed by atoms with Gasteiger partial charge in [-0.15, -0.1) is 0 Å². The van der Waals surface area contributed by atoms with Crippen molar-refractivity contribution in [2.75, 3.05) is 60.0 Å². The van der Waals surface area contributed by atoms with Gasteiger partial charge in [0.25, 0.3) is 0 Å². The van der Waals surface area contributed by atoms with E-state index in [2.05, 4.69) is 41.5 Å². The second kappa shape index (κ2) is 9.09. The summed E-state index contributed by atoms with van der Waals surface area (Å²) >= 11 is 0. The van der Waals surface area contributed by atoms with E-state index in [1.165, 1.54) is 0 Å². The fourth-order valence-corrected chi connectivity index (χ4v) is 3.21. The van der Waals surface area contributed by atoms with Gasteiger partial charge in [0.15, 0.2) is 17.5 Å². The minimum atomic E-state index is -0.0303. The first-order valence-electron chi connectivity index (χ1n) is 9.45. The number of piperazine rings is 1. The Hall–Kier alpha value is -1.99. The van der Waals surface area contributed by atoms with E-state index < -0.39 is 0 Å². The maximum absolute atomic E-state index is 6.00. The molecule has 144 valence electrons. The summed E-state index contributed by atoms with van der Waals surface area (Å²) in [6.07, 6.45) is -0.0303. The van der Waals surface area contributed by atoms with Gasteiger partial charge in [-0.1, -0.05) is 12.1 Å². The number of fused-ring (bicyclic) bond motifs is 1. The molecule has 26 heavy (non-hydrogen) atoms. The molecule has 0 aliphatic carbocycles. The molecule has 7 heteroatoms. The first kappa shape index (κ1) is 18.8. The van der Waals surface area contributed by atoms with Gasteiger partial charge in [-0.3, -0.25) is 9.89 Å². The molecule has 0 aromatic heterocycles. The lowest BCUT2D eigenvalue weighted by atomic mass is 10.2. The Kier molecular flexibility index (Phi) is 6.57. The monoisotopic (exact) mass is 361 g/mol. The number of benzene rings is 1. The van der Waals surface area contributed by atoms with E-state index in [0.717, 1.165) is 50.2 Å². The molecule has 2 aliphatic rings. The van der Waals surface area contributed by atoms with Crippen molar-refractivity contribution < 1.29 is 9.47 Å². The highest BCUT2D eigenvalue weighted by atomic mass is 16.6. The first-order chi connectivity index (χ1) is 12.7. The van der Waals surface area contributed by atoms with Gasteiger partial charge in [0.1, 0.15) is 12.7 Å². The summed E-state index contributed by atoms with van der Waals surface area (Å²) in [7, 11) is 4.35. The lowest BCUT2D eigenvalue weighted by Gasteiger charge is -2.37. The molecule has 0 radical (unpaired) electrons. The van der Waals surface area contributed by atoms with Crippen LogP contribution in [0.2, 0.25) is 0 Å². The molecule has 1 aromatic carbocycles. The van der Waals surface area contributed by atoms with E-state index in [4.69, 9.17) is 14.5 Å². The third-order valence-corrected chi connectivity index (χ3v) is 4.85. The van der Waals surface area contributed by atoms with E-state index >= 15 is 0 Å². The van der Waals surface area contributed by atoms with Crippen LogP contribution in [0.4, 0.5) is 0 Å². The fraction of sp³-hybridized carbons (Fsp3) is 0.632. The quantitative estimate of drug-likeness (QED) is 0.593. The minimum absolute atomic E-state index is 0.0303. The summed E-state index contributed by atoms with van der Waals surface area (Å²) in [5.74, 6) is 2.45. The largest absolute Gasteiger partial charge is 0.486 e. The summed E-state index contributed by atoms with van der Waals surface area (Å²) in [6, 6.07) is 8.24. The number of guanidine groups is 1. The average molecular weight is 361 g/mol. The van der Waals surface area contributed by atoms with Gasteiger partial charge >= 0.3 is 0 Å². The molecule has 0 amide bonds. The highest BCUT2D eigenvalue weighted by Crippen LogP contribution is 2.30. The molecule has 3 rings (SSSR count). The van der Waals surface area contributed by atoms with E-state index in [1.807, 2.05) is 24.3 Å². The van der Waals surface area contributed by atoms with Crippen molar-refractivity contribution in [2.24, 2.45) is 4.99 Å². The van der Waals surface area contributed by atoms with Crippen molar-refractivity contribution in [3.05, 3.63) is 24.3 Å². The van der Waals surface area contributed by atoms with Gasteiger partial charge in [0.2, 0.25) is 0 Å². The summed E-state index contributed by atoms with van der Waals surface area (Å²) in [4.78, 5) is 9.54. The number of hydrogen-bond acceptors (Lipinski definition) is 5. The number of aliphatic imine (C=N–C) groups is 1. The number of nitrogens with one attached hydrogen (secondary N) is 2. The zero-order valence-electron chi connectivity index (χ0n) is 16.1. The molecule has 2 unspecified atom stereocenters. The highest BCUT2D eigenvalue weighted by Gasteiger charge is 2.23. The first-order valence-corrected chi connectivity index (χ1v) is 9.45. The van der Waals surface area contributed by atoms with Crippen LogP contribution in [-0.2, 0) is 0 Å². The number of ether oxygens (including phenoxy) is 2. The van der Waals surface area contributed by atoms with Crippen LogP contribution in [0.1, 0.15) is 6.92 Å². The van der Waals surface area contributed by atoms with Gasteiger partial charge in [0, 0.05) is 32.2 Å². The second-order valence-corrected chi connectivity index (χ2v) is 6.99. The molecule has 1 saturated heterocycles. The zero-order chi connectivity index (χ0) is 18.4. The molecule has 0 spiro atoms. The smallest absolute Gasteiger partial charge is 0.191 e.